The molecule has 32 heavy (non-hydrogen) atoms. The van der Waals surface area contributed by atoms with Crippen LogP contribution in [-0.2, 0) is 22.6 Å². The highest BCUT2D eigenvalue weighted by molar-refractivity contribution is 14.0. The molecule has 2 N–H and O–H groups in total. The van der Waals surface area contributed by atoms with Crippen LogP contribution in [0.3, 0.4) is 0 Å². The number of piperidine rings is 1. The van der Waals surface area contributed by atoms with Gasteiger partial charge in [0.25, 0.3) is 0 Å². The van der Waals surface area contributed by atoms with E-state index in [1.807, 2.05) is 7.05 Å². The van der Waals surface area contributed by atoms with Crippen molar-refractivity contribution in [1.29, 1.82) is 0 Å². The van der Waals surface area contributed by atoms with Crippen LogP contribution < -0.4 is 10.6 Å². The maximum atomic E-state index is 5.85. The van der Waals surface area contributed by atoms with Crippen LogP contribution in [0.1, 0.15) is 50.2 Å². The van der Waals surface area contributed by atoms with Crippen LogP contribution in [0.4, 0.5) is 0 Å². The molecule has 0 bridgehead atoms. The van der Waals surface area contributed by atoms with E-state index in [9.17, 15) is 0 Å². The number of nitrogens with one attached hydrogen (secondary N) is 2. The highest BCUT2D eigenvalue weighted by atomic mass is 127. The average Bonchev–Trinajstić information content (AvgIpc) is 2.80. The number of benzene rings is 1. The van der Waals surface area contributed by atoms with Gasteiger partial charge in [0.1, 0.15) is 0 Å². The van der Waals surface area contributed by atoms with Crippen LogP contribution in [0.25, 0.3) is 0 Å². The zero-order valence-corrected chi connectivity index (χ0v) is 22.3. The zero-order valence-electron chi connectivity index (χ0n) is 20.0. The lowest BCUT2D eigenvalue weighted by Gasteiger charge is -2.31. The lowest BCUT2D eigenvalue weighted by atomic mass is 9.99. The highest BCUT2D eigenvalue weighted by Crippen LogP contribution is 2.19. The number of rotatable bonds is 10. The van der Waals surface area contributed by atoms with Gasteiger partial charge in [0.15, 0.2) is 5.96 Å². The maximum absolute atomic E-state index is 5.85. The topological polar surface area (TPSA) is 58.1 Å². The molecule has 0 aliphatic carbocycles. The molecule has 0 aromatic heterocycles. The van der Waals surface area contributed by atoms with Gasteiger partial charge < -0.3 is 20.1 Å². The smallest absolute Gasteiger partial charge is 0.191 e. The number of hydrogen-bond donors (Lipinski definition) is 2. The molecule has 0 radical (unpaired) electrons. The molecule has 1 unspecified atom stereocenters. The largest absolute Gasteiger partial charge is 0.381 e. The molecule has 3 rings (SSSR count). The van der Waals surface area contributed by atoms with Crippen molar-refractivity contribution in [3.05, 3.63) is 35.4 Å². The summed E-state index contributed by atoms with van der Waals surface area (Å²) in [5, 5.41) is 6.89. The van der Waals surface area contributed by atoms with E-state index in [0.717, 1.165) is 77.2 Å². The van der Waals surface area contributed by atoms with E-state index in [-0.39, 0.29) is 24.0 Å². The van der Waals surface area contributed by atoms with Crippen molar-refractivity contribution in [1.82, 2.24) is 15.5 Å². The first kappa shape index (κ1) is 27.3. The van der Waals surface area contributed by atoms with Crippen molar-refractivity contribution in [2.45, 2.75) is 52.1 Å². The Morgan fingerprint density at radius 1 is 1.16 bits per heavy atom. The van der Waals surface area contributed by atoms with Crippen molar-refractivity contribution >= 4 is 29.9 Å². The Kier molecular flexibility index (Phi) is 13.5. The monoisotopic (exact) mass is 558 g/mol. The van der Waals surface area contributed by atoms with Crippen molar-refractivity contribution in [2.75, 3.05) is 53.1 Å². The van der Waals surface area contributed by atoms with Crippen LogP contribution in [-0.4, -0.2) is 64.0 Å². The lowest BCUT2D eigenvalue weighted by Crippen LogP contribution is -2.38. The fourth-order valence-corrected chi connectivity index (χ4v) is 4.50. The maximum Gasteiger partial charge on any atom is 0.191 e. The van der Waals surface area contributed by atoms with Gasteiger partial charge in [-0.1, -0.05) is 31.2 Å². The Bertz CT molecular complexity index is 667. The zero-order chi connectivity index (χ0) is 21.7. The molecule has 0 saturated carbocycles. The highest BCUT2D eigenvalue weighted by Gasteiger charge is 2.17. The molecule has 1 aromatic rings. The summed E-state index contributed by atoms with van der Waals surface area (Å²) in [4.78, 5) is 6.98. The summed E-state index contributed by atoms with van der Waals surface area (Å²) in [6.07, 6.45) is 5.92. The van der Waals surface area contributed by atoms with Gasteiger partial charge in [-0.2, -0.15) is 0 Å². The normalized spacial score (nSPS) is 20.6. The molecule has 2 heterocycles. The van der Waals surface area contributed by atoms with Gasteiger partial charge in [-0.25, -0.2) is 0 Å². The molecule has 2 fully saturated rings. The molecule has 182 valence electrons. The van der Waals surface area contributed by atoms with Gasteiger partial charge in [-0.3, -0.25) is 9.89 Å². The number of aliphatic imine (C=N–C) groups is 1. The third-order valence-corrected chi connectivity index (χ3v) is 6.38. The fourth-order valence-electron chi connectivity index (χ4n) is 4.50. The van der Waals surface area contributed by atoms with Gasteiger partial charge in [0, 0.05) is 59.7 Å². The summed E-state index contributed by atoms with van der Waals surface area (Å²) in [7, 11) is 1.83. The summed E-state index contributed by atoms with van der Waals surface area (Å²) in [6, 6.07) is 8.78. The summed E-state index contributed by atoms with van der Waals surface area (Å²) >= 11 is 0. The van der Waals surface area contributed by atoms with Crippen molar-refractivity contribution in [3.8, 4) is 0 Å². The van der Waals surface area contributed by atoms with E-state index in [0.29, 0.717) is 5.92 Å². The Morgan fingerprint density at radius 2 is 1.94 bits per heavy atom. The van der Waals surface area contributed by atoms with Crippen molar-refractivity contribution < 1.29 is 9.47 Å². The van der Waals surface area contributed by atoms with E-state index in [1.54, 1.807) is 0 Å². The molecule has 6 nitrogen and oxygen atoms in total. The number of halogens is 1. The lowest BCUT2D eigenvalue weighted by molar-refractivity contribution is 0.0203. The van der Waals surface area contributed by atoms with Crippen molar-refractivity contribution in [2.24, 2.45) is 16.8 Å². The number of nitrogens with zero attached hydrogens (tertiary/aromatic N) is 2. The Balaban J connectivity index is 0.00000363. The van der Waals surface area contributed by atoms with Gasteiger partial charge >= 0.3 is 0 Å². The summed E-state index contributed by atoms with van der Waals surface area (Å²) < 4.78 is 11.3. The van der Waals surface area contributed by atoms with Crippen LogP contribution in [0, 0.1) is 11.8 Å². The molecular weight excluding hydrogens is 515 g/mol. The molecule has 7 heteroatoms. The predicted octanol–water partition coefficient (Wildman–Crippen LogP) is 4.03. The second-order valence-corrected chi connectivity index (χ2v) is 9.09. The third-order valence-electron chi connectivity index (χ3n) is 6.38. The molecular formula is C25H43IN4O2. The first-order valence-electron chi connectivity index (χ1n) is 12.1. The van der Waals surface area contributed by atoms with Gasteiger partial charge in [0.05, 0.1) is 0 Å². The van der Waals surface area contributed by atoms with Crippen LogP contribution in [0.15, 0.2) is 29.3 Å². The first-order chi connectivity index (χ1) is 15.2. The molecule has 2 saturated heterocycles. The molecule has 1 aromatic carbocycles. The van der Waals surface area contributed by atoms with Gasteiger partial charge in [0.2, 0.25) is 0 Å². The van der Waals surface area contributed by atoms with Gasteiger partial charge in [-0.15, -0.1) is 24.0 Å². The standard InChI is InChI=1S/C25H42N4O2.HI/c1-21-7-5-13-29(18-21)19-24-9-4-3-8-23(24)17-28-25(26-2)27-12-6-14-31-20-22-10-15-30-16-11-22;/h3-4,8-9,21-22H,5-7,10-20H2,1-2H3,(H2,26,27,28);1H. The number of hydrogen-bond acceptors (Lipinski definition) is 4. The second-order valence-electron chi connectivity index (χ2n) is 9.09. The predicted molar refractivity (Wildman–Crippen MR) is 143 cm³/mol. The van der Waals surface area contributed by atoms with Crippen LogP contribution in [0.2, 0.25) is 0 Å². The van der Waals surface area contributed by atoms with Crippen molar-refractivity contribution in [3.63, 3.8) is 0 Å². The third kappa shape index (κ3) is 9.93. The molecule has 2 aliphatic rings. The van der Waals surface area contributed by atoms with Crippen LogP contribution >= 0.6 is 24.0 Å². The molecule has 1 atom stereocenters. The summed E-state index contributed by atoms with van der Waals surface area (Å²) in [6.45, 7) is 10.9. The fraction of sp³-hybridized carbons (Fsp3) is 0.720. The summed E-state index contributed by atoms with van der Waals surface area (Å²) in [5.74, 6) is 2.33. The summed E-state index contributed by atoms with van der Waals surface area (Å²) in [5.41, 5.74) is 2.77. The van der Waals surface area contributed by atoms with E-state index in [2.05, 4.69) is 51.7 Å². The van der Waals surface area contributed by atoms with E-state index >= 15 is 0 Å². The number of guanidine groups is 1. The Morgan fingerprint density at radius 3 is 2.69 bits per heavy atom. The Hall–Kier alpha value is -0.900. The van der Waals surface area contributed by atoms with E-state index < -0.39 is 0 Å². The van der Waals surface area contributed by atoms with Gasteiger partial charge in [-0.05, 0) is 61.6 Å². The Labute approximate surface area is 211 Å². The minimum Gasteiger partial charge on any atom is -0.381 e. The second kappa shape index (κ2) is 15.9. The minimum atomic E-state index is 0. The molecule has 0 spiro atoms. The molecule has 2 aliphatic heterocycles. The SMILES string of the molecule is CN=C(NCCCOCC1CCOCC1)NCc1ccccc1CN1CCCC(C)C1.I. The number of ether oxygens (including phenoxy) is 2. The number of likely N-dealkylation sites (tertiary alicyclic amines) is 1. The van der Waals surface area contributed by atoms with E-state index in [1.165, 1.54) is 37.1 Å². The quantitative estimate of drug-likeness (QED) is 0.197. The molecule has 0 amide bonds. The first-order valence-corrected chi connectivity index (χ1v) is 12.1. The van der Waals surface area contributed by atoms with Crippen LogP contribution in [0.5, 0.6) is 0 Å². The average molecular weight is 559 g/mol. The minimum absolute atomic E-state index is 0. The van der Waals surface area contributed by atoms with E-state index in [4.69, 9.17) is 9.47 Å².